The van der Waals surface area contributed by atoms with Crippen molar-refractivity contribution in [1.82, 2.24) is 5.48 Å². The van der Waals surface area contributed by atoms with Gasteiger partial charge < -0.3 is 14.3 Å². The maximum Gasteiger partial charge on any atom is 0.250 e. The van der Waals surface area contributed by atoms with E-state index in [9.17, 15) is 0 Å². The van der Waals surface area contributed by atoms with Gasteiger partial charge in [-0.05, 0) is 29.5 Å². The lowest BCUT2D eigenvalue weighted by molar-refractivity contribution is 0.0411. The van der Waals surface area contributed by atoms with Crippen LogP contribution in [0.15, 0.2) is 91.0 Å². The number of nitrogens with two attached hydrogens (primary N) is 1. The van der Waals surface area contributed by atoms with Crippen molar-refractivity contribution in [3.05, 3.63) is 108 Å². The molecule has 3 rings (SSSR count). The highest BCUT2D eigenvalue weighted by atomic mass is 31.2. The number of rotatable bonds is 13. The average molecular weight is 453 g/mol. The van der Waals surface area contributed by atoms with E-state index in [-0.39, 0.29) is 6.04 Å². The topological polar surface area (TPSA) is 76.7 Å². The minimum absolute atomic E-state index is 0.00917. The van der Waals surface area contributed by atoms with Crippen LogP contribution in [0.4, 0.5) is 0 Å². The van der Waals surface area contributed by atoms with E-state index in [1.165, 1.54) is 16.7 Å². The maximum absolute atomic E-state index is 9.15. The van der Waals surface area contributed by atoms with E-state index in [1.807, 2.05) is 0 Å². The number of unbranched alkanes of at least 4 members (excludes halogenated alkanes) is 2. The summed E-state index contributed by atoms with van der Waals surface area (Å²) in [5.41, 5.74) is 11.9. The van der Waals surface area contributed by atoms with Crippen LogP contribution in [0.5, 0.6) is 0 Å². The number of benzene rings is 3. The van der Waals surface area contributed by atoms with Gasteiger partial charge in [0.1, 0.15) is 0 Å². The molecule has 6 heteroatoms. The zero-order valence-corrected chi connectivity index (χ0v) is 19.5. The van der Waals surface area contributed by atoms with Crippen molar-refractivity contribution in [3.63, 3.8) is 0 Å². The summed E-state index contributed by atoms with van der Waals surface area (Å²) in [4.78, 5) is 14.7. The van der Waals surface area contributed by atoms with Gasteiger partial charge in [0.15, 0.2) is 0 Å². The third-order valence-electron chi connectivity index (χ3n) is 5.83. The summed E-state index contributed by atoms with van der Waals surface area (Å²) in [6.07, 6.45) is 3.69. The zero-order valence-electron chi connectivity index (χ0n) is 18.6. The van der Waals surface area contributed by atoms with E-state index in [4.69, 9.17) is 19.8 Å². The Hall–Kier alpha value is -2.11. The number of hydrogen-bond donors (Lipinski definition) is 3. The van der Waals surface area contributed by atoms with Gasteiger partial charge in [0.05, 0.1) is 19.1 Å². The third-order valence-corrected chi connectivity index (χ3v) is 6.28. The molecule has 2 unspecified atom stereocenters. The largest absolute Gasteiger partial charge is 0.338 e. The summed E-state index contributed by atoms with van der Waals surface area (Å²) in [7, 11) is -0.103. The van der Waals surface area contributed by atoms with Crippen molar-refractivity contribution in [3.8, 4) is 0 Å². The van der Waals surface area contributed by atoms with Crippen LogP contribution < -0.4 is 11.0 Å². The van der Waals surface area contributed by atoms with Crippen LogP contribution in [-0.4, -0.2) is 24.7 Å². The van der Waals surface area contributed by atoms with Crippen molar-refractivity contribution < 1.29 is 14.3 Å². The van der Waals surface area contributed by atoms with E-state index in [1.54, 1.807) is 7.11 Å². The average Bonchev–Trinajstić information content (AvgIpc) is 2.83. The lowest BCUT2D eigenvalue weighted by Crippen LogP contribution is -2.50. The second-order valence-electron chi connectivity index (χ2n) is 7.77. The Labute approximate surface area is 192 Å². The number of nitrogens with one attached hydrogen (secondary N) is 1. The van der Waals surface area contributed by atoms with E-state index < -0.39 is 13.9 Å². The molecule has 32 heavy (non-hydrogen) atoms. The minimum Gasteiger partial charge on any atom is -0.338 e. The second kappa shape index (κ2) is 12.8. The molecular weight excluding hydrogens is 419 g/mol. The van der Waals surface area contributed by atoms with Gasteiger partial charge in [-0.1, -0.05) is 104 Å². The summed E-state index contributed by atoms with van der Waals surface area (Å²) >= 11 is 0. The predicted molar refractivity (Wildman–Crippen MR) is 131 cm³/mol. The fraction of sp³-hybridized carbons (Fsp3) is 0.308. The molecule has 0 radical (unpaired) electrons. The maximum atomic E-state index is 9.15. The van der Waals surface area contributed by atoms with Gasteiger partial charge in [-0.25, -0.2) is 0 Å². The summed E-state index contributed by atoms with van der Waals surface area (Å²) in [6, 6.07) is 31.9. The van der Waals surface area contributed by atoms with Gasteiger partial charge in [-0.15, -0.1) is 0 Å². The van der Waals surface area contributed by atoms with E-state index in [0.717, 1.165) is 25.7 Å². The normalized spacial score (nSPS) is 13.6. The van der Waals surface area contributed by atoms with Crippen molar-refractivity contribution in [2.24, 2.45) is 5.50 Å². The molecule has 3 aromatic rings. The first-order chi connectivity index (χ1) is 15.7. The zero-order chi connectivity index (χ0) is 22.7. The van der Waals surface area contributed by atoms with Gasteiger partial charge >= 0.3 is 0 Å². The molecule has 170 valence electrons. The van der Waals surface area contributed by atoms with Crippen LogP contribution in [0.3, 0.4) is 0 Å². The molecule has 0 amide bonds. The quantitative estimate of drug-likeness (QED) is 0.142. The molecule has 3 aromatic carbocycles. The minimum atomic E-state index is -1.78. The Morgan fingerprint density at radius 2 is 1.28 bits per heavy atom. The first-order valence-corrected chi connectivity index (χ1v) is 12.3. The molecule has 0 aromatic heterocycles. The molecule has 0 aliphatic rings. The SMILES string of the molecule is CONC(CCCCCOP(N)O)C(c1ccccc1)(c1ccccc1)c1ccccc1. The third kappa shape index (κ3) is 6.02. The molecule has 2 atom stereocenters. The first-order valence-electron chi connectivity index (χ1n) is 11.0. The molecule has 0 bridgehead atoms. The van der Waals surface area contributed by atoms with Crippen molar-refractivity contribution >= 4 is 8.53 Å². The molecule has 0 aliphatic carbocycles. The van der Waals surface area contributed by atoms with Crippen LogP contribution in [0.1, 0.15) is 42.4 Å². The van der Waals surface area contributed by atoms with Gasteiger partial charge in [0.2, 0.25) is 8.53 Å². The lowest BCUT2D eigenvalue weighted by atomic mass is 9.64. The number of hydroxylamine groups is 1. The first kappa shape index (κ1) is 24.5. The van der Waals surface area contributed by atoms with Crippen molar-refractivity contribution in [1.29, 1.82) is 0 Å². The Morgan fingerprint density at radius 3 is 1.69 bits per heavy atom. The fourth-order valence-electron chi connectivity index (χ4n) is 4.50. The van der Waals surface area contributed by atoms with Crippen LogP contribution in [0.25, 0.3) is 0 Å². The van der Waals surface area contributed by atoms with Gasteiger partial charge in [-0.3, -0.25) is 5.50 Å². The van der Waals surface area contributed by atoms with Gasteiger partial charge in [0.25, 0.3) is 0 Å². The van der Waals surface area contributed by atoms with E-state index in [2.05, 4.69) is 96.5 Å². The standard InChI is InChI=1S/C26H33N2O3P/c1-30-28-25(20-12-5-13-21-31-32(27)29)26(22-14-6-2-7-15-22,23-16-8-3-9-17-23)24-18-10-4-11-19-24/h2-4,6-11,14-19,25,28-29H,5,12-13,20-21,27H2,1H3. The smallest absolute Gasteiger partial charge is 0.250 e. The highest BCUT2D eigenvalue weighted by Gasteiger charge is 2.43. The highest BCUT2D eigenvalue weighted by molar-refractivity contribution is 7.43. The second-order valence-corrected chi connectivity index (χ2v) is 8.63. The highest BCUT2D eigenvalue weighted by Crippen LogP contribution is 2.43. The Morgan fingerprint density at radius 1 is 0.812 bits per heavy atom. The molecule has 0 heterocycles. The van der Waals surface area contributed by atoms with Crippen molar-refractivity contribution in [2.75, 3.05) is 13.7 Å². The molecule has 4 N–H and O–H groups in total. The molecular formula is C26H33N2O3P. The lowest BCUT2D eigenvalue weighted by Gasteiger charge is -2.43. The Kier molecular flexibility index (Phi) is 9.82. The predicted octanol–water partition coefficient (Wildman–Crippen LogP) is 5.30. The summed E-state index contributed by atoms with van der Waals surface area (Å²) in [5, 5.41) is 0. The molecule has 0 fully saturated rings. The molecule has 0 spiro atoms. The summed E-state index contributed by atoms with van der Waals surface area (Å²) < 4.78 is 5.13. The van der Waals surface area contributed by atoms with Crippen LogP contribution in [0, 0.1) is 0 Å². The monoisotopic (exact) mass is 452 g/mol. The number of hydrogen-bond acceptors (Lipinski definition) is 5. The Balaban J connectivity index is 2.01. The molecule has 5 nitrogen and oxygen atoms in total. The van der Waals surface area contributed by atoms with Gasteiger partial charge in [0, 0.05) is 6.04 Å². The van der Waals surface area contributed by atoms with Crippen LogP contribution >= 0.6 is 8.53 Å². The van der Waals surface area contributed by atoms with Crippen molar-refractivity contribution in [2.45, 2.75) is 37.1 Å². The molecule has 0 aliphatic heterocycles. The molecule has 0 saturated heterocycles. The van der Waals surface area contributed by atoms with Crippen LogP contribution in [0.2, 0.25) is 0 Å². The van der Waals surface area contributed by atoms with Crippen LogP contribution in [-0.2, 0) is 14.8 Å². The fourth-order valence-corrected chi connectivity index (χ4v) is 4.81. The van der Waals surface area contributed by atoms with E-state index >= 15 is 0 Å². The Bertz CT molecular complexity index is 798. The van der Waals surface area contributed by atoms with E-state index in [0.29, 0.717) is 6.61 Å². The summed E-state index contributed by atoms with van der Waals surface area (Å²) in [6.45, 7) is 0.474. The summed E-state index contributed by atoms with van der Waals surface area (Å²) in [5.74, 6) is 0. The molecule has 0 saturated carbocycles. The van der Waals surface area contributed by atoms with Gasteiger partial charge in [-0.2, -0.15) is 5.48 Å².